The molecule has 2 aromatic heterocycles. The minimum atomic E-state index is -0.266. The minimum absolute atomic E-state index is 0.217. The van der Waals surface area contributed by atoms with Crippen molar-refractivity contribution in [1.82, 2.24) is 14.5 Å². The number of hydrogen-bond acceptors (Lipinski definition) is 4. The first-order chi connectivity index (χ1) is 17.7. The van der Waals surface area contributed by atoms with E-state index in [1.807, 2.05) is 14.0 Å². The van der Waals surface area contributed by atoms with E-state index >= 15 is 0 Å². The molecule has 192 valence electrons. The second kappa shape index (κ2) is 9.66. The Morgan fingerprint density at radius 1 is 1.24 bits per heavy atom. The van der Waals surface area contributed by atoms with Crippen LogP contribution in [0.5, 0.6) is 0 Å². The van der Waals surface area contributed by atoms with Gasteiger partial charge in [-0.1, -0.05) is 12.5 Å². The molecular formula is C30H35N5O2. The molecule has 1 saturated carbocycles. The first-order valence-electron chi connectivity index (χ1n) is 13.2. The summed E-state index contributed by atoms with van der Waals surface area (Å²) >= 11 is 0. The summed E-state index contributed by atoms with van der Waals surface area (Å²) in [5.74, 6) is 0.904. The summed E-state index contributed by atoms with van der Waals surface area (Å²) in [5, 5.41) is 13.2. The standard InChI is InChI=1S/C30H35N5O2/c1-19-25(33-29(37)22-10-6-9-21(13-22)16-31)17-32-28-27(19)24(18-34(28)4)23-11-12-35(30(2,3)15-23)26(36)14-20-7-5-8-20/h6,9-10,13,17-18,20,23H,5,7-8,11-12,14-15H2,1-4H3,(H,33,37). The molecule has 1 atom stereocenters. The van der Waals surface area contributed by atoms with Gasteiger partial charge >= 0.3 is 0 Å². The topological polar surface area (TPSA) is 91.0 Å². The lowest BCUT2D eigenvalue weighted by atomic mass is 9.77. The van der Waals surface area contributed by atoms with Gasteiger partial charge in [-0.05, 0) is 87.6 Å². The van der Waals surface area contributed by atoms with Gasteiger partial charge in [-0.15, -0.1) is 0 Å². The van der Waals surface area contributed by atoms with Crippen molar-refractivity contribution in [3.63, 3.8) is 0 Å². The van der Waals surface area contributed by atoms with Crippen molar-refractivity contribution in [3.8, 4) is 6.07 Å². The summed E-state index contributed by atoms with van der Waals surface area (Å²) in [6.07, 6.45) is 9.99. The second-order valence-electron chi connectivity index (χ2n) is 11.4. The summed E-state index contributed by atoms with van der Waals surface area (Å²) < 4.78 is 2.06. The van der Waals surface area contributed by atoms with Gasteiger partial charge in [0, 0.05) is 42.7 Å². The van der Waals surface area contributed by atoms with Crippen LogP contribution in [0.1, 0.15) is 85.3 Å². The number of likely N-dealkylation sites (tertiary alicyclic amines) is 1. The van der Waals surface area contributed by atoms with Gasteiger partial charge in [0.2, 0.25) is 5.91 Å². The number of benzene rings is 1. The van der Waals surface area contributed by atoms with Gasteiger partial charge in [-0.2, -0.15) is 5.26 Å². The number of nitrogens with one attached hydrogen (secondary N) is 1. The molecule has 1 saturated heterocycles. The summed E-state index contributed by atoms with van der Waals surface area (Å²) in [6, 6.07) is 8.76. The molecule has 0 bridgehead atoms. The number of piperidine rings is 1. The molecule has 0 radical (unpaired) electrons. The first kappa shape index (κ1) is 25.0. The number of pyridine rings is 1. The maximum Gasteiger partial charge on any atom is 0.255 e. The third kappa shape index (κ3) is 4.73. The molecule has 37 heavy (non-hydrogen) atoms. The average Bonchev–Trinajstić information content (AvgIpc) is 3.19. The molecule has 5 rings (SSSR count). The van der Waals surface area contributed by atoms with Crippen LogP contribution in [0.3, 0.4) is 0 Å². The lowest BCUT2D eigenvalue weighted by molar-refractivity contribution is -0.140. The van der Waals surface area contributed by atoms with Crippen LogP contribution < -0.4 is 5.32 Å². The van der Waals surface area contributed by atoms with Crippen molar-refractivity contribution in [2.45, 2.75) is 70.8 Å². The van der Waals surface area contributed by atoms with Gasteiger partial charge in [-0.25, -0.2) is 4.98 Å². The van der Waals surface area contributed by atoms with Crippen LogP contribution in [0.4, 0.5) is 5.69 Å². The number of rotatable bonds is 5. The molecule has 3 aromatic rings. The molecule has 0 spiro atoms. The monoisotopic (exact) mass is 497 g/mol. The Morgan fingerprint density at radius 3 is 2.70 bits per heavy atom. The largest absolute Gasteiger partial charge is 0.338 e. The summed E-state index contributed by atoms with van der Waals surface area (Å²) in [6.45, 7) is 7.17. The van der Waals surface area contributed by atoms with Crippen LogP contribution in [-0.2, 0) is 11.8 Å². The fraction of sp³-hybridized carbons (Fsp3) is 0.467. The van der Waals surface area contributed by atoms with E-state index < -0.39 is 0 Å². The van der Waals surface area contributed by atoms with E-state index in [1.165, 1.54) is 24.8 Å². The van der Waals surface area contributed by atoms with Crippen molar-refractivity contribution in [2.24, 2.45) is 13.0 Å². The highest BCUT2D eigenvalue weighted by molar-refractivity contribution is 6.06. The fourth-order valence-electron chi connectivity index (χ4n) is 6.08. The Balaban J connectivity index is 1.40. The summed E-state index contributed by atoms with van der Waals surface area (Å²) in [5.41, 5.74) is 4.43. The Morgan fingerprint density at radius 2 is 2.03 bits per heavy atom. The zero-order valence-corrected chi connectivity index (χ0v) is 22.2. The lowest BCUT2D eigenvalue weighted by Crippen LogP contribution is -2.52. The van der Waals surface area contributed by atoms with Gasteiger partial charge in [0.05, 0.1) is 23.5 Å². The molecule has 2 amide bonds. The van der Waals surface area contributed by atoms with Crippen molar-refractivity contribution in [3.05, 3.63) is 58.9 Å². The molecule has 1 aromatic carbocycles. The number of nitriles is 1. The first-order valence-corrected chi connectivity index (χ1v) is 13.2. The SMILES string of the molecule is Cc1c(NC(=O)c2cccc(C#N)c2)cnc2c1c(C1CCN(C(=O)CC3CCC3)C(C)(C)C1)cn2C. The molecule has 2 fully saturated rings. The molecule has 7 heteroatoms. The third-order valence-corrected chi connectivity index (χ3v) is 8.38. The van der Waals surface area contributed by atoms with Crippen LogP contribution >= 0.6 is 0 Å². The average molecular weight is 498 g/mol. The minimum Gasteiger partial charge on any atom is -0.338 e. The zero-order valence-electron chi connectivity index (χ0n) is 22.2. The Bertz CT molecular complexity index is 1410. The van der Waals surface area contributed by atoms with Crippen LogP contribution in [0.15, 0.2) is 36.7 Å². The van der Waals surface area contributed by atoms with Gasteiger partial charge < -0.3 is 14.8 Å². The van der Waals surface area contributed by atoms with E-state index in [0.29, 0.717) is 41.0 Å². The number of aryl methyl sites for hydroxylation is 2. The molecule has 1 aliphatic carbocycles. The highest BCUT2D eigenvalue weighted by Gasteiger charge is 2.40. The zero-order chi connectivity index (χ0) is 26.3. The molecule has 3 heterocycles. The van der Waals surface area contributed by atoms with Crippen LogP contribution in [-0.4, -0.2) is 38.3 Å². The lowest BCUT2D eigenvalue weighted by Gasteiger charge is -2.46. The molecule has 1 N–H and O–H groups in total. The van der Waals surface area contributed by atoms with E-state index in [4.69, 9.17) is 4.98 Å². The van der Waals surface area contributed by atoms with E-state index in [9.17, 15) is 14.9 Å². The van der Waals surface area contributed by atoms with Crippen molar-refractivity contribution in [1.29, 1.82) is 5.26 Å². The highest BCUT2D eigenvalue weighted by atomic mass is 16.2. The normalized spacial score (nSPS) is 19.3. The number of anilines is 1. The Kier molecular flexibility index (Phi) is 6.53. The van der Waals surface area contributed by atoms with E-state index in [-0.39, 0.29) is 11.4 Å². The quantitative estimate of drug-likeness (QED) is 0.491. The predicted molar refractivity (Wildman–Crippen MR) is 144 cm³/mol. The van der Waals surface area contributed by atoms with E-state index in [1.54, 1.807) is 30.5 Å². The second-order valence-corrected chi connectivity index (χ2v) is 11.4. The maximum absolute atomic E-state index is 13.1. The van der Waals surface area contributed by atoms with Crippen LogP contribution in [0.2, 0.25) is 0 Å². The predicted octanol–water partition coefficient (Wildman–Crippen LogP) is 5.68. The van der Waals surface area contributed by atoms with Gasteiger partial charge in [0.15, 0.2) is 0 Å². The Hall–Kier alpha value is -3.66. The van der Waals surface area contributed by atoms with Gasteiger partial charge in [0.1, 0.15) is 5.65 Å². The smallest absolute Gasteiger partial charge is 0.255 e. The summed E-state index contributed by atoms with van der Waals surface area (Å²) in [7, 11) is 2.01. The summed E-state index contributed by atoms with van der Waals surface area (Å²) in [4.78, 5) is 32.9. The number of fused-ring (bicyclic) bond motifs is 1. The van der Waals surface area contributed by atoms with Gasteiger partial charge in [-0.3, -0.25) is 9.59 Å². The van der Waals surface area contributed by atoms with E-state index in [2.05, 4.69) is 40.9 Å². The van der Waals surface area contributed by atoms with Crippen LogP contribution in [0.25, 0.3) is 11.0 Å². The van der Waals surface area contributed by atoms with Crippen molar-refractivity contribution in [2.75, 3.05) is 11.9 Å². The number of nitrogens with zero attached hydrogens (tertiary/aromatic N) is 4. The third-order valence-electron chi connectivity index (χ3n) is 8.38. The molecular weight excluding hydrogens is 462 g/mol. The van der Waals surface area contributed by atoms with E-state index in [0.717, 1.165) is 36.0 Å². The molecule has 1 unspecified atom stereocenters. The maximum atomic E-state index is 13.1. The number of carbonyl (C=O) groups excluding carboxylic acids is 2. The number of hydrogen-bond donors (Lipinski definition) is 1. The molecule has 1 aliphatic heterocycles. The Labute approximate surface area is 218 Å². The molecule has 2 aliphatic rings. The number of carbonyl (C=O) groups is 2. The number of aromatic nitrogens is 2. The fourth-order valence-corrected chi connectivity index (χ4v) is 6.08. The number of amides is 2. The highest BCUT2D eigenvalue weighted by Crippen LogP contribution is 2.43. The van der Waals surface area contributed by atoms with Crippen LogP contribution in [0, 0.1) is 24.2 Å². The molecule has 7 nitrogen and oxygen atoms in total. The van der Waals surface area contributed by atoms with Crippen molar-refractivity contribution < 1.29 is 9.59 Å². The van der Waals surface area contributed by atoms with Gasteiger partial charge in [0.25, 0.3) is 5.91 Å². The van der Waals surface area contributed by atoms with Crippen molar-refractivity contribution >= 4 is 28.5 Å².